The van der Waals surface area contributed by atoms with Crippen molar-refractivity contribution in [1.29, 1.82) is 0 Å². The van der Waals surface area contributed by atoms with Gasteiger partial charge in [0.15, 0.2) is 11.5 Å². The van der Waals surface area contributed by atoms with Gasteiger partial charge in [0.2, 0.25) is 0 Å². The average molecular weight is 379 g/mol. The molecular formula is C22H25N3O3. The molecule has 6 heteroatoms. The molecule has 1 aliphatic heterocycles. The predicted molar refractivity (Wildman–Crippen MR) is 108 cm³/mol. The molecule has 1 aromatic heterocycles. The first kappa shape index (κ1) is 18.5. The number of rotatable bonds is 3. The molecule has 28 heavy (non-hydrogen) atoms. The highest BCUT2D eigenvalue weighted by atomic mass is 16.5. The molecule has 0 amide bonds. The zero-order valence-corrected chi connectivity index (χ0v) is 16.5. The molecule has 1 aliphatic carbocycles. The lowest BCUT2D eigenvalue weighted by Gasteiger charge is -2.35. The maximum atomic E-state index is 12.9. The topological polar surface area (TPSA) is 65.6 Å². The van der Waals surface area contributed by atoms with Gasteiger partial charge in [0, 0.05) is 13.3 Å². The molecule has 4 rings (SSSR count). The summed E-state index contributed by atoms with van der Waals surface area (Å²) in [5.41, 5.74) is 2.06. The Hall–Kier alpha value is -2.89. The van der Waals surface area contributed by atoms with Gasteiger partial charge in [-0.3, -0.25) is 14.3 Å². The van der Waals surface area contributed by atoms with E-state index in [9.17, 15) is 9.59 Å². The van der Waals surface area contributed by atoms with Gasteiger partial charge in [-0.2, -0.15) is 0 Å². The van der Waals surface area contributed by atoms with Crippen molar-refractivity contribution in [2.45, 2.75) is 39.2 Å². The Kier molecular flexibility index (Phi) is 4.79. The van der Waals surface area contributed by atoms with Crippen LogP contribution in [-0.4, -0.2) is 27.5 Å². The highest BCUT2D eigenvalue weighted by Crippen LogP contribution is 2.35. The molecule has 3 unspecified atom stereocenters. The number of para-hydroxylation sites is 1. The first-order chi connectivity index (χ1) is 13.5. The second-order valence-electron chi connectivity index (χ2n) is 7.81. The number of hydrogen-bond acceptors (Lipinski definition) is 4. The summed E-state index contributed by atoms with van der Waals surface area (Å²) in [5, 5.41) is 0. The Labute approximate surface area is 164 Å². The molecule has 1 fully saturated rings. The molecule has 3 atom stereocenters. The van der Waals surface area contributed by atoms with Crippen molar-refractivity contribution in [2.75, 3.05) is 0 Å². The third-order valence-electron chi connectivity index (χ3n) is 5.90. The highest BCUT2D eigenvalue weighted by molar-refractivity contribution is 6.15. The SMILES string of the molecule is Cc1c(N=CC2=COC3CCC(C)CC3C2=O)c(=O)n(-c2ccccc2)n1C. The Morgan fingerprint density at radius 1 is 1.18 bits per heavy atom. The number of hydrogen-bond donors (Lipinski definition) is 0. The summed E-state index contributed by atoms with van der Waals surface area (Å²) < 4.78 is 9.15. The van der Waals surface area contributed by atoms with Crippen molar-refractivity contribution in [3.8, 4) is 5.69 Å². The number of ketones is 1. The molecule has 146 valence electrons. The molecule has 0 bridgehead atoms. The number of benzene rings is 1. The van der Waals surface area contributed by atoms with E-state index in [0.29, 0.717) is 17.2 Å². The van der Waals surface area contributed by atoms with Gasteiger partial charge in [0.05, 0.1) is 29.1 Å². The number of fused-ring (bicyclic) bond motifs is 1. The molecule has 6 nitrogen and oxygen atoms in total. The van der Waals surface area contributed by atoms with Gasteiger partial charge in [-0.25, -0.2) is 9.67 Å². The highest BCUT2D eigenvalue weighted by Gasteiger charge is 2.38. The van der Waals surface area contributed by atoms with Crippen molar-refractivity contribution in [1.82, 2.24) is 9.36 Å². The fourth-order valence-corrected chi connectivity index (χ4v) is 4.16. The molecule has 2 heterocycles. The van der Waals surface area contributed by atoms with Crippen LogP contribution < -0.4 is 5.56 Å². The van der Waals surface area contributed by atoms with E-state index in [-0.39, 0.29) is 23.4 Å². The molecule has 0 spiro atoms. The second-order valence-corrected chi connectivity index (χ2v) is 7.81. The van der Waals surface area contributed by atoms with Crippen molar-refractivity contribution >= 4 is 17.7 Å². The van der Waals surface area contributed by atoms with Crippen molar-refractivity contribution in [3.05, 3.63) is 58.2 Å². The van der Waals surface area contributed by atoms with Crippen LogP contribution in [0.5, 0.6) is 0 Å². The van der Waals surface area contributed by atoms with Crippen LogP contribution >= 0.6 is 0 Å². The number of Topliss-reactive ketones (excluding diaryl/α,β-unsaturated/α-hetero) is 1. The minimum absolute atomic E-state index is 0.0189. The van der Waals surface area contributed by atoms with Crippen LogP contribution in [0.1, 0.15) is 31.9 Å². The van der Waals surface area contributed by atoms with Crippen LogP contribution in [0.25, 0.3) is 5.69 Å². The molecule has 2 aliphatic rings. The molecule has 0 saturated heterocycles. The van der Waals surface area contributed by atoms with Crippen LogP contribution in [0.4, 0.5) is 5.69 Å². The number of carbonyl (C=O) groups excluding carboxylic acids is 1. The molecule has 1 saturated carbocycles. The number of aliphatic imine (C=N–C) groups is 1. The largest absolute Gasteiger partial charge is 0.496 e. The third-order valence-corrected chi connectivity index (χ3v) is 5.90. The minimum Gasteiger partial charge on any atom is -0.496 e. The summed E-state index contributed by atoms with van der Waals surface area (Å²) >= 11 is 0. The summed E-state index contributed by atoms with van der Waals surface area (Å²) in [7, 11) is 1.82. The Morgan fingerprint density at radius 3 is 2.68 bits per heavy atom. The van der Waals surface area contributed by atoms with E-state index in [4.69, 9.17) is 4.74 Å². The minimum atomic E-state index is -0.212. The van der Waals surface area contributed by atoms with Crippen LogP contribution in [0, 0.1) is 18.8 Å². The van der Waals surface area contributed by atoms with E-state index in [1.807, 2.05) is 44.3 Å². The van der Waals surface area contributed by atoms with Gasteiger partial charge < -0.3 is 4.74 Å². The van der Waals surface area contributed by atoms with E-state index >= 15 is 0 Å². The quantitative estimate of drug-likeness (QED) is 0.767. The van der Waals surface area contributed by atoms with Gasteiger partial charge >= 0.3 is 0 Å². The first-order valence-electron chi connectivity index (χ1n) is 9.75. The van der Waals surface area contributed by atoms with E-state index in [0.717, 1.165) is 30.6 Å². The summed E-state index contributed by atoms with van der Waals surface area (Å²) in [6.45, 7) is 4.02. The predicted octanol–water partition coefficient (Wildman–Crippen LogP) is 3.47. The number of carbonyl (C=O) groups is 1. The van der Waals surface area contributed by atoms with Crippen molar-refractivity contribution < 1.29 is 9.53 Å². The van der Waals surface area contributed by atoms with E-state index in [2.05, 4.69) is 11.9 Å². The fraction of sp³-hybridized carbons (Fsp3) is 0.409. The van der Waals surface area contributed by atoms with E-state index in [1.165, 1.54) is 12.5 Å². The normalized spacial score (nSPS) is 24.8. The molecule has 1 aromatic carbocycles. The van der Waals surface area contributed by atoms with Crippen molar-refractivity contribution in [3.63, 3.8) is 0 Å². The lowest BCUT2D eigenvalue weighted by Crippen LogP contribution is -2.39. The van der Waals surface area contributed by atoms with Crippen LogP contribution in [0.15, 0.2) is 52.0 Å². The lowest BCUT2D eigenvalue weighted by atomic mass is 9.76. The monoisotopic (exact) mass is 379 g/mol. The zero-order chi connectivity index (χ0) is 19.8. The number of aromatic nitrogens is 2. The zero-order valence-electron chi connectivity index (χ0n) is 16.5. The standard InChI is InChI=1S/C22H25N3O3/c1-14-9-10-19-18(11-14)21(26)16(13-28-19)12-23-20-15(2)24(3)25(22(20)27)17-7-5-4-6-8-17/h4-8,12-14,18-19H,9-11H2,1-3H3. The van der Waals surface area contributed by atoms with Gasteiger partial charge in [-0.1, -0.05) is 25.1 Å². The van der Waals surface area contributed by atoms with E-state index in [1.54, 1.807) is 9.36 Å². The Morgan fingerprint density at radius 2 is 1.93 bits per heavy atom. The third kappa shape index (κ3) is 3.13. The van der Waals surface area contributed by atoms with Crippen LogP contribution in [-0.2, 0) is 16.6 Å². The summed E-state index contributed by atoms with van der Waals surface area (Å²) in [6.07, 6.45) is 5.83. The lowest BCUT2D eigenvalue weighted by molar-refractivity contribution is -0.127. The van der Waals surface area contributed by atoms with Crippen LogP contribution in [0.3, 0.4) is 0 Å². The van der Waals surface area contributed by atoms with Gasteiger partial charge in [-0.15, -0.1) is 0 Å². The maximum absolute atomic E-state index is 12.9. The first-order valence-corrected chi connectivity index (χ1v) is 9.75. The Bertz CT molecular complexity index is 1010. The molecule has 2 aromatic rings. The molecular weight excluding hydrogens is 354 g/mol. The summed E-state index contributed by atoms with van der Waals surface area (Å²) in [5.74, 6) is 0.496. The van der Waals surface area contributed by atoms with Gasteiger partial charge in [-0.05, 0) is 44.2 Å². The Balaban J connectivity index is 1.65. The molecule has 0 N–H and O–H groups in total. The molecule has 0 radical (unpaired) electrons. The second kappa shape index (κ2) is 7.26. The summed E-state index contributed by atoms with van der Waals surface area (Å²) in [4.78, 5) is 30.2. The van der Waals surface area contributed by atoms with Crippen molar-refractivity contribution in [2.24, 2.45) is 23.9 Å². The maximum Gasteiger partial charge on any atom is 0.297 e. The van der Waals surface area contributed by atoms with Gasteiger partial charge in [0.1, 0.15) is 6.10 Å². The van der Waals surface area contributed by atoms with E-state index < -0.39 is 0 Å². The smallest absolute Gasteiger partial charge is 0.297 e. The fourth-order valence-electron chi connectivity index (χ4n) is 4.16. The number of nitrogens with zero attached hydrogens (tertiary/aromatic N) is 3. The van der Waals surface area contributed by atoms with Gasteiger partial charge in [0.25, 0.3) is 5.56 Å². The number of ether oxygens (including phenoxy) is 1. The average Bonchev–Trinajstić information content (AvgIpc) is 2.91. The van der Waals surface area contributed by atoms with Crippen LogP contribution in [0.2, 0.25) is 0 Å². The summed E-state index contributed by atoms with van der Waals surface area (Å²) in [6, 6.07) is 9.43. The number of allylic oxidation sites excluding steroid dienone is 1.